The van der Waals surface area contributed by atoms with Crippen LogP contribution in [0.1, 0.15) is 86.5 Å². The summed E-state index contributed by atoms with van der Waals surface area (Å²) in [4.78, 5) is 0. The number of hydrogen-bond acceptors (Lipinski definition) is 1. The molecule has 1 fully saturated rings. The number of benzene rings is 2. The summed E-state index contributed by atoms with van der Waals surface area (Å²) in [6, 6.07) is 16.0. The van der Waals surface area contributed by atoms with Gasteiger partial charge in [-0.1, -0.05) is 62.6 Å². The molecule has 0 heterocycles. The molecule has 1 nitrogen and oxygen atoms in total. The molecule has 1 saturated carbocycles. The summed E-state index contributed by atoms with van der Waals surface area (Å²) < 4.78 is 5.84. The van der Waals surface area contributed by atoms with Crippen LogP contribution in [0.25, 0.3) is 0 Å². The van der Waals surface area contributed by atoms with Crippen molar-refractivity contribution >= 4 is 11.6 Å². The Balaban J connectivity index is 1.75. The molecule has 0 aliphatic heterocycles. The van der Waals surface area contributed by atoms with Crippen molar-refractivity contribution in [3.05, 3.63) is 64.7 Å². The van der Waals surface area contributed by atoms with E-state index in [-0.39, 0.29) is 5.38 Å². The number of alkyl halides is 1. The summed E-state index contributed by atoms with van der Waals surface area (Å²) >= 11 is 6.82. The Kier molecular flexibility index (Phi) is 7.85. The molecule has 2 aromatic rings. The third-order valence-electron chi connectivity index (χ3n) is 6.20. The maximum absolute atomic E-state index is 6.82. The number of rotatable bonds is 9. The largest absolute Gasteiger partial charge is 0.494 e. The van der Waals surface area contributed by atoms with Crippen molar-refractivity contribution < 1.29 is 4.74 Å². The van der Waals surface area contributed by atoms with Crippen LogP contribution in [0.3, 0.4) is 0 Å². The van der Waals surface area contributed by atoms with Gasteiger partial charge in [0.05, 0.1) is 6.61 Å². The van der Waals surface area contributed by atoms with Crippen molar-refractivity contribution in [1.29, 1.82) is 0 Å². The third kappa shape index (κ3) is 5.11. The number of hydrogen-bond donors (Lipinski definition) is 0. The van der Waals surface area contributed by atoms with Crippen molar-refractivity contribution in [3.63, 3.8) is 0 Å². The highest BCUT2D eigenvalue weighted by molar-refractivity contribution is 6.21. The predicted molar refractivity (Wildman–Crippen MR) is 121 cm³/mol. The number of aryl methyl sites for hydroxylation is 2. The van der Waals surface area contributed by atoms with Gasteiger partial charge in [-0.25, -0.2) is 0 Å². The fourth-order valence-corrected chi connectivity index (χ4v) is 5.03. The zero-order valence-corrected chi connectivity index (χ0v) is 18.5. The van der Waals surface area contributed by atoms with Gasteiger partial charge < -0.3 is 4.74 Å². The van der Waals surface area contributed by atoms with E-state index < -0.39 is 0 Å². The molecular weight excluding hydrogens is 364 g/mol. The monoisotopic (exact) mass is 398 g/mol. The molecule has 2 heteroatoms. The zero-order valence-electron chi connectivity index (χ0n) is 17.7. The fraction of sp³-hybridized carbons (Fsp3) is 0.538. The van der Waals surface area contributed by atoms with Crippen LogP contribution in [-0.4, -0.2) is 12.0 Å². The first kappa shape index (κ1) is 21.2. The second-order valence-corrected chi connectivity index (χ2v) is 8.80. The SMILES string of the molecule is CCCCCCc1ccc(C2CCC(Cl)C2c2ccc(C)c(OCC)c2)cc1. The van der Waals surface area contributed by atoms with Crippen molar-refractivity contribution in [1.82, 2.24) is 0 Å². The van der Waals surface area contributed by atoms with E-state index in [4.69, 9.17) is 16.3 Å². The molecule has 152 valence electrons. The molecule has 3 unspecified atom stereocenters. The quantitative estimate of drug-likeness (QED) is 0.309. The molecule has 0 radical (unpaired) electrons. The van der Waals surface area contributed by atoms with Gasteiger partial charge in [-0.15, -0.1) is 11.6 Å². The molecule has 0 amide bonds. The zero-order chi connectivity index (χ0) is 19.9. The summed E-state index contributed by atoms with van der Waals surface area (Å²) in [5, 5.41) is 0.191. The molecule has 0 spiro atoms. The van der Waals surface area contributed by atoms with E-state index in [0.717, 1.165) is 18.6 Å². The minimum Gasteiger partial charge on any atom is -0.494 e. The lowest BCUT2D eigenvalue weighted by atomic mass is 9.83. The van der Waals surface area contributed by atoms with Gasteiger partial charge in [0, 0.05) is 11.3 Å². The predicted octanol–water partition coefficient (Wildman–Crippen LogP) is 7.79. The van der Waals surface area contributed by atoms with E-state index in [1.807, 2.05) is 6.92 Å². The normalized spacial score (nSPS) is 21.8. The van der Waals surface area contributed by atoms with Crippen LogP contribution in [0.4, 0.5) is 0 Å². The molecule has 0 bridgehead atoms. The topological polar surface area (TPSA) is 9.23 Å². The van der Waals surface area contributed by atoms with E-state index in [9.17, 15) is 0 Å². The van der Waals surface area contributed by atoms with Gasteiger partial charge >= 0.3 is 0 Å². The maximum Gasteiger partial charge on any atom is 0.122 e. The highest BCUT2D eigenvalue weighted by Gasteiger charge is 2.37. The second-order valence-electron chi connectivity index (χ2n) is 8.24. The maximum atomic E-state index is 6.82. The minimum atomic E-state index is 0.191. The van der Waals surface area contributed by atoms with Gasteiger partial charge in [-0.2, -0.15) is 0 Å². The first-order valence-corrected chi connectivity index (χ1v) is 11.5. The molecule has 0 N–H and O–H groups in total. The van der Waals surface area contributed by atoms with E-state index in [0.29, 0.717) is 18.4 Å². The summed E-state index contributed by atoms with van der Waals surface area (Å²) in [6.45, 7) is 7.11. The van der Waals surface area contributed by atoms with Crippen LogP contribution in [0.2, 0.25) is 0 Å². The molecule has 1 aliphatic carbocycles. The van der Waals surface area contributed by atoms with Gasteiger partial charge in [-0.05, 0) is 73.8 Å². The average Bonchev–Trinajstić information content (AvgIpc) is 3.09. The van der Waals surface area contributed by atoms with Crippen molar-refractivity contribution in [2.75, 3.05) is 6.61 Å². The smallest absolute Gasteiger partial charge is 0.122 e. The van der Waals surface area contributed by atoms with Gasteiger partial charge in [-0.3, -0.25) is 0 Å². The number of unbranched alkanes of at least 4 members (excludes halogenated alkanes) is 3. The number of ether oxygens (including phenoxy) is 1. The van der Waals surface area contributed by atoms with Crippen LogP contribution in [0.15, 0.2) is 42.5 Å². The Labute approximate surface area is 176 Å². The van der Waals surface area contributed by atoms with Crippen molar-refractivity contribution in [2.24, 2.45) is 0 Å². The van der Waals surface area contributed by atoms with E-state index >= 15 is 0 Å². The minimum absolute atomic E-state index is 0.191. The average molecular weight is 399 g/mol. The highest BCUT2D eigenvalue weighted by atomic mass is 35.5. The van der Waals surface area contributed by atoms with Crippen molar-refractivity contribution in [2.45, 2.75) is 82.9 Å². The Morgan fingerprint density at radius 1 is 0.929 bits per heavy atom. The molecule has 0 saturated heterocycles. The molecule has 28 heavy (non-hydrogen) atoms. The Hall–Kier alpha value is -1.47. The van der Waals surface area contributed by atoms with Gasteiger partial charge in [0.1, 0.15) is 5.75 Å². The van der Waals surface area contributed by atoms with Gasteiger partial charge in [0.15, 0.2) is 0 Å². The summed E-state index contributed by atoms with van der Waals surface area (Å²) in [7, 11) is 0. The lowest BCUT2D eigenvalue weighted by Crippen LogP contribution is -2.12. The van der Waals surface area contributed by atoms with Crippen LogP contribution in [0, 0.1) is 6.92 Å². The lowest BCUT2D eigenvalue weighted by Gasteiger charge is -2.24. The number of halogens is 1. The third-order valence-corrected chi connectivity index (χ3v) is 6.69. The van der Waals surface area contributed by atoms with E-state index in [1.54, 1.807) is 0 Å². The Morgan fingerprint density at radius 2 is 1.68 bits per heavy atom. The fourth-order valence-electron chi connectivity index (χ4n) is 4.59. The van der Waals surface area contributed by atoms with Crippen LogP contribution < -0.4 is 4.74 Å². The summed E-state index contributed by atoms with van der Waals surface area (Å²) in [5.74, 6) is 1.85. The second kappa shape index (κ2) is 10.3. The first-order valence-electron chi connectivity index (χ1n) is 11.1. The van der Waals surface area contributed by atoms with Crippen LogP contribution in [-0.2, 0) is 6.42 Å². The molecule has 1 aliphatic rings. The Morgan fingerprint density at radius 3 is 2.39 bits per heavy atom. The van der Waals surface area contributed by atoms with Gasteiger partial charge in [0.25, 0.3) is 0 Å². The van der Waals surface area contributed by atoms with Crippen LogP contribution >= 0.6 is 11.6 Å². The standard InChI is InChI=1S/C26H35ClO/c1-4-6-7-8-9-20-11-14-21(15-12-20)23-16-17-24(27)26(23)22-13-10-19(3)25(18-22)28-5-2/h10-15,18,23-24,26H,4-9,16-17H2,1-3H3. The molecule has 2 aromatic carbocycles. The summed E-state index contributed by atoms with van der Waals surface area (Å²) in [6.07, 6.45) is 8.71. The Bertz CT molecular complexity index is 737. The lowest BCUT2D eigenvalue weighted by molar-refractivity contribution is 0.337. The highest BCUT2D eigenvalue weighted by Crippen LogP contribution is 2.49. The first-order chi connectivity index (χ1) is 13.6. The molecular formula is C26H35ClO. The van der Waals surface area contributed by atoms with E-state index in [1.165, 1.54) is 54.4 Å². The van der Waals surface area contributed by atoms with Crippen molar-refractivity contribution in [3.8, 4) is 5.75 Å². The molecule has 3 rings (SSSR count). The van der Waals surface area contributed by atoms with Gasteiger partial charge in [0.2, 0.25) is 0 Å². The van der Waals surface area contributed by atoms with E-state index in [2.05, 4.69) is 56.3 Å². The molecule has 0 aromatic heterocycles. The molecule has 3 atom stereocenters. The van der Waals surface area contributed by atoms with Crippen LogP contribution in [0.5, 0.6) is 5.75 Å². The summed E-state index contributed by atoms with van der Waals surface area (Å²) in [5.41, 5.74) is 5.41.